The summed E-state index contributed by atoms with van der Waals surface area (Å²) in [5.74, 6) is -2.12. The maximum absolute atomic E-state index is 13.4. The van der Waals surface area contributed by atoms with E-state index in [1.54, 1.807) is 0 Å². The van der Waals surface area contributed by atoms with Crippen molar-refractivity contribution >= 4 is 43.6 Å². The fourth-order valence-electron chi connectivity index (χ4n) is 9.54. The molecule has 0 aliphatic carbocycles. The molecule has 0 aromatic carbocycles. The summed E-state index contributed by atoms with van der Waals surface area (Å²) < 4.78 is 51.2. The molecule has 1 heterocycles. The van der Waals surface area contributed by atoms with Crippen molar-refractivity contribution < 1.29 is 75.4 Å². The van der Waals surface area contributed by atoms with E-state index in [1.165, 1.54) is 57.8 Å². The molecule has 1 saturated heterocycles. The molecule has 86 heavy (non-hydrogen) atoms. The van der Waals surface area contributed by atoms with Crippen molar-refractivity contribution in [2.75, 3.05) is 133 Å². The van der Waals surface area contributed by atoms with Crippen LogP contribution in [-0.2, 0) is 66.1 Å². The summed E-state index contributed by atoms with van der Waals surface area (Å²) in [6.45, 7) is 22.7. The van der Waals surface area contributed by atoms with Crippen LogP contribution < -0.4 is 10.2 Å². The standard InChI is InChI=1S/C64H123N6O15P/c1-14-15-16-17-18-19-20-21-22-24-27-30-33-36-57(72)79-53-55(54-81-86(77,78)80-48-47-70(11,12)13)82-58(73)37-34-31-28-25-23-26-29-32-35-38-65-56(71)49-66-39-41-67(50-59(74)83-62(2,3)4)43-45-69(52-61(76)85-64(8,9)10)46-44-68(42-40-66)51-60(75)84-63(5,6)7/h55H,14-54H2,1-13H3,(H-,65,71,77,78)/t55-/m1/s1. The Bertz CT molecular complexity index is 1870. The number of esters is 5. The van der Waals surface area contributed by atoms with Gasteiger partial charge in [-0.1, -0.05) is 129 Å². The average molecular weight is 1250 g/mol. The number of nitrogens with one attached hydrogen (secondary N) is 1. The molecule has 504 valence electrons. The van der Waals surface area contributed by atoms with Crippen LogP contribution in [0.5, 0.6) is 0 Å². The van der Waals surface area contributed by atoms with Gasteiger partial charge in [-0.05, 0) is 81.6 Å². The Hall–Kier alpha value is -3.27. The molecule has 0 bridgehead atoms. The van der Waals surface area contributed by atoms with E-state index in [-0.39, 0.29) is 76.0 Å². The van der Waals surface area contributed by atoms with Crippen molar-refractivity contribution in [2.24, 2.45) is 0 Å². The van der Waals surface area contributed by atoms with Crippen LogP contribution in [0.15, 0.2) is 0 Å². The quantitative estimate of drug-likeness (QED) is 0.0197. The van der Waals surface area contributed by atoms with Gasteiger partial charge in [-0.25, -0.2) is 0 Å². The zero-order valence-corrected chi connectivity index (χ0v) is 57.3. The third-order valence-electron chi connectivity index (χ3n) is 14.1. The first kappa shape index (κ1) is 80.7. The monoisotopic (exact) mass is 1250 g/mol. The summed E-state index contributed by atoms with van der Waals surface area (Å²) in [6, 6.07) is 0. The minimum absolute atomic E-state index is 0.0459. The molecule has 2 atom stereocenters. The third-order valence-corrected chi connectivity index (χ3v) is 15.1. The van der Waals surface area contributed by atoms with Gasteiger partial charge >= 0.3 is 29.8 Å². The Labute approximate surface area is 520 Å². The molecule has 0 aromatic heterocycles. The second kappa shape index (κ2) is 45.1. The normalized spacial score (nSPS) is 16.1. The number of phosphoric ester groups is 1. The number of unbranched alkanes of at least 4 members (excludes halogenated alkanes) is 20. The van der Waals surface area contributed by atoms with E-state index in [9.17, 15) is 38.2 Å². The Morgan fingerprint density at radius 3 is 1.16 bits per heavy atom. The highest BCUT2D eigenvalue weighted by atomic mass is 31.2. The number of hydrogen-bond donors (Lipinski definition) is 1. The molecule has 0 radical (unpaired) electrons. The van der Waals surface area contributed by atoms with Gasteiger partial charge < -0.3 is 47.4 Å². The highest BCUT2D eigenvalue weighted by Crippen LogP contribution is 2.38. The number of quaternary nitrogens is 1. The van der Waals surface area contributed by atoms with Gasteiger partial charge in [0.15, 0.2) is 6.10 Å². The summed E-state index contributed by atoms with van der Waals surface area (Å²) in [6.07, 6.45) is 23.1. The second-order valence-electron chi connectivity index (χ2n) is 27.5. The highest BCUT2D eigenvalue weighted by molar-refractivity contribution is 7.45. The van der Waals surface area contributed by atoms with Gasteiger partial charge in [0.05, 0.1) is 53.9 Å². The highest BCUT2D eigenvalue weighted by Gasteiger charge is 2.27. The van der Waals surface area contributed by atoms with E-state index >= 15 is 0 Å². The molecule has 1 aliphatic heterocycles. The van der Waals surface area contributed by atoms with Gasteiger partial charge in [0.2, 0.25) is 5.91 Å². The van der Waals surface area contributed by atoms with Gasteiger partial charge in [0.25, 0.3) is 7.82 Å². The smallest absolute Gasteiger partial charge is 0.320 e. The van der Waals surface area contributed by atoms with Crippen molar-refractivity contribution in [3.8, 4) is 0 Å². The van der Waals surface area contributed by atoms with Crippen LogP contribution in [0.4, 0.5) is 0 Å². The van der Waals surface area contributed by atoms with Gasteiger partial charge in [0, 0.05) is 71.7 Å². The maximum atomic E-state index is 13.4. The van der Waals surface area contributed by atoms with Crippen LogP contribution in [0.2, 0.25) is 0 Å². The van der Waals surface area contributed by atoms with E-state index < -0.39 is 49.3 Å². The Balaban J connectivity index is 2.64. The molecule has 0 aromatic rings. The minimum atomic E-state index is -4.70. The Morgan fingerprint density at radius 1 is 0.465 bits per heavy atom. The second-order valence-corrected chi connectivity index (χ2v) is 28.9. The van der Waals surface area contributed by atoms with Gasteiger partial charge in [0.1, 0.15) is 36.6 Å². The van der Waals surface area contributed by atoms with Crippen LogP contribution in [0.3, 0.4) is 0 Å². The Kier molecular flexibility index (Phi) is 42.3. The number of carbonyl (C=O) groups excluding carboxylic acids is 6. The first-order valence-corrected chi connectivity index (χ1v) is 34.4. The molecule has 21 nitrogen and oxygen atoms in total. The summed E-state index contributed by atoms with van der Waals surface area (Å²) >= 11 is 0. The number of rotatable bonds is 44. The van der Waals surface area contributed by atoms with Crippen molar-refractivity contribution in [2.45, 2.75) is 246 Å². The zero-order valence-electron chi connectivity index (χ0n) is 56.4. The topological polar surface area (TPSA) is 232 Å². The van der Waals surface area contributed by atoms with Crippen molar-refractivity contribution in [3.05, 3.63) is 0 Å². The van der Waals surface area contributed by atoms with E-state index in [4.69, 9.17) is 32.7 Å². The lowest BCUT2D eigenvalue weighted by Crippen LogP contribution is -2.50. The number of carbonyl (C=O) groups is 6. The number of nitrogens with zero attached hydrogens (tertiary/aromatic N) is 5. The molecule has 1 unspecified atom stereocenters. The molecular formula is C64H123N6O15P. The van der Waals surface area contributed by atoms with E-state index in [1.807, 2.05) is 98.2 Å². The molecule has 0 spiro atoms. The summed E-state index contributed by atoms with van der Waals surface area (Å²) in [5.41, 5.74) is -1.97. The van der Waals surface area contributed by atoms with E-state index in [2.05, 4.69) is 17.1 Å². The third kappa shape index (κ3) is 50.6. The molecule has 1 N–H and O–H groups in total. The lowest BCUT2D eigenvalue weighted by molar-refractivity contribution is -0.870. The SMILES string of the molecule is CCCCCCCCCCCCCCCC(=O)OC[C@H](COP(=O)([O-])OCC[N+](C)(C)C)OC(=O)CCCCCCCCCCCNC(=O)CN1CCN(CC(=O)OC(C)(C)C)CCN(CC(=O)OC(C)(C)C)CCN(CC(=O)OC(C)(C)C)CC1. The van der Waals surface area contributed by atoms with Crippen molar-refractivity contribution in [1.82, 2.24) is 24.9 Å². The fraction of sp³-hybridized carbons (Fsp3) is 0.906. The molecular weight excluding hydrogens is 1120 g/mol. The molecule has 1 fully saturated rings. The molecule has 22 heteroatoms. The first-order chi connectivity index (χ1) is 40.3. The largest absolute Gasteiger partial charge is 0.756 e. The van der Waals surface area contributed by atoms with Crippen LogP contribution in [-0.4, -0.2) is 215 Å². The van der Waals surface area contributed by atoms with E-state index in [0.717, 1.165) is 70.6 Å². The summed E-state index contributed by atoms with van der Waals surface area (Å²) in [7, 11) is 1.03. The predicted octanol–water partition coefficient (Wildman–Crippen LogP) is 9.39. The summed E-state index contributed by atoms with van der Waals surface area (Å²) in [5, 5.41) is 3.09. The van der Waals surface area contributed by atoms with Crippen LogP contribution in [0.1, 0.15) is 223 Å². The maximum Gasteiger partial charge on any atom is 0.320 e. The summed E-state index contributed by atoms with van der Waals surface area (Å²) in [4.78, 5) is 98.8. The minimum Gasteiger partial charge on any atom is -0.756 e. The van der Waals surface area contributed by atoms with Crippen molar-refractivity contribution in [3.63, 3.8) is 0 Å². The van der Waals surface area contributed by atoms with Crippen molar-refractivity contribution in [1.29, 1.82) is 0 Å². The molecule has 1 aliphatic rings. The zero-order chi connectivity index (χ0) is 64.5. The molecule has 1 rings (SSSR count). The fourth-order valence-corrected chi connectivity index (χ4v) is 10.3. The lowest BCUT2D eigenvalue weighted by Gasteiger charge is -2.34. The van der Waals surface area contributed by atoms with Gasteiger partial charge in [-0.3, -0.25) is 52.9 Å². The number of ether oxygens (including phenoxy) is 5. The lowest BCUT2D eigenvalue weighted by atomic mass is 10.0. The Morgan fingerprint density at radius 2 is 0.802 bits per heavy atom. The number of phosphoric acid groups is 1. The van der Waals surface area contributed by atoms with E-state index in [0.29, 0.717) is 82.8 Å². The molecule has 1 amide bonds. The van der Waals surface area contributed by atoms with Crippen LogP contribution in [0, 0.1) is 0 Å². The van der Waals surface area contributed by atoms with Crippen LogP contribution in [0.25, 0.3) is 0 Å². The molecule has 0 saturated carbocycles. The number of likely N-dealkylation sites (N-methyl/N-ethyl adjacent to an activating group) is 1. The van der Waals surface area contributed by atoms with Gasteiger partial charge in [-0.15, -0.1) is 0 Å². The average Bonchev–Trinajstić information content (AvgIpc) is 3.56. The predicted molar refractivity (Wildman–Crippen MR) is 336 cm³/mol. The first-order valence-electron chi connectivity index (χ1n) is 32.9. The number of hydrogen-bond acceptors (Lipinski definition) is 19. The number of amides is 1. The van der Waals surface area contributed by atoms with Gasteiger partial charge in [-0.2, -0.15) is 0 Å². The van der Waals surface area contributed by atoms with Crippen LogP contribution >= 0.6 is 7.82 Å².